The van der Waals surface area contributed by atoms with Crippen molar-refractivity contribution in [2.24, 2.45) is 5.73 Å². The van der Waals surface area contributed by atoms with Crippen molar-refractivity contribution in [3.05, 3.63) is 69.7 Å². The van der Waals surface area contributed by atoms with E-state index in [2.05, 4.69) is 5.32 Å². The third kappa shape index (κ3) is 7.55. The molecule has 212 valence electrons. The lowest BCUT2D eigenvalue weighted by atomic mass is 9.88. The van der Waals surface area contributed by atoms with Crippen molar-refractivity contribution in [3.63, 3.8) is 0 Å². The molecule has 2 fully saturated rings. The van der Waals surface area contributed by atoms with Crippen molar-refractivity contribution in [2.45, 2.75) is 44.0 Å². The molecule has 0 saturated carbocycles. The normalized spacial score (nSPS) is 19.6. The Hall–Kier alpha value is -2.56. The summed E-state index contributed by atoms with van der Waals surface area (Å²) in [5.41, 5.74) is 5.85. The number of cyclic esters (lactones) is 1. The van der Waals surface area contributed by atoms with Crippen molar-refractivity contribution >= 4 is 53.5 Å². The molecule has 3 N–H and O–H groups in total. The van der Waals surface area contributed by atoms with Crippen LogP contribution in [0.5, 0.6) is 0 Å². The molecule has 9 nitrogen and oxygen atoms in total. The molecule has 2 heterocycles. The average molecular weight is 600 g/mol. The number of fused-ring (bicyclic) bond motifs is 1. The van der Waals surface area contributed by atoms with Crippen LogP contribution in [0.15, 0.2) is 48.5 Å². The fraction of sp³-hybridized carbons (Fsp3) is 0.444. The zero-order valence-electron chi connectivity index (χ0n) is 21.8. The molecule has 0 aliphatic carbocycles. The molecule has 0 bridgehead atoms. The minimum absolute atomic E-state index is 0. The molecule has 0 spiro atoms. The van der Waals surface area contributed by atoms with Crippen LogP contribution < -0.4 is 11.1 Å². The number of hydrogen-bond acceptors (Lipinski definition) is 6. The van der Waals surface area contributed by atoms with E-state index in [1.54, 1.807) is 41.8 Å². The summed E-state index contributed by atoms with van der Waals surface area (Å²) in [5.74, 6) is -0.805. The van der Waals surface area contributed by atoms with Gasteiger partial charge in [0.15, 0.2) is 0 Å². The van der Waals surface area contributed by atoms with Crippen molar-refractivity contribution in [2.75, 3.05) is 32.8 Å². The molecule has 2 aliphatic heterocycles. The quantitative estimate of drug-likeness (QED) is 0.457. The van der Waals surface area contributed by atoms with Gasteiger partial charge in [0.05, 0.1) is 18.8 Å². The first-order valence-electron chi connectivity index (χ1n) is 12.4. The van der Waals surface area contributed by atoms with Crippen LogP contribution in [0.25, 0.3) is 0 Å². The molecule has 2 aromatic rings. The van der Waals surface area contributed by atoms with Crippen LogP contribution in [0.3, 0.4) is 0 Å². The van der Waals surface area contributed by atoms with Gasteiger partial charge in [-0.15, -0.1) is 12.4 Å². The minimum atomic E-state index is -1.20. The van der Waals surface area contributed by atoms with Crippen molar-refractivity contribution in [1.82, 2.24) is 15.1 Å². The van der Waals surface area contributed by atoms with Crippen LogP contribution in [0, 0.1) is 0 Å². The molecule has 2 aliphatic rings. The van der Waals surface area contributed by atoms with Crippen molar-refractivity contribution in [3.8, 4) is 0 Å². The molecule has 0 radical (unpaired) electrons. The fourth-order valence-electron chi connectivity index (χ4n) is 4.75. The number of carbonyl (C=O) groups excluding carboxylic acids is 3. The summed E-state index contributed by atoms with van der Waals surface area (Å²) >= 11 is 12.2. The number of amides is 3. The van der Waals surface area contributed by atoms with Gasteiger partial charge in [-0.05, 0) is 43.2 Å². The highest BCUT2D eigenvalue weighted by Crippen LogP contribution is 2.32. The molecule has 2 aromatic carbocycles. The second-order valence-corrected chi connectivity index (χ2v) is 11.3. The Labute approximate surface area is 244 Å². The second kappa shape index (κ2) is 12.7. The van der Waals surface area contributed by atoms with E-state index < -0.39 is 23.0 Å². The van der Waals surface area contributed by atoms with E-state index >= 15 is 0 Å². The second-order valence-electron chi connectivity index (χ2n) is 10.4. The van der Waals surface area contributed by atoms with E-state index in [0.717, 1.165) is 11.1 Å². The number of nitrogens with two attached hydrogens (primary N) is 1. The largest absolute Gasteiger partial charge is 0.447 e. The number of benzene rings is 2. The van der Waals surface area contributed by atoms with E-state index in [4.69, 9.17) is 38.4 Å². The van der Waals surface area contributed by atoms with E-state index in [9.17, 15) is 14.4 Å². The number of halogens is 3. The smallest absolute Gasteiger partial charge is 0.410 e. The molecular formula is C27H33Cl3N4O5. The van der Waals surface area contributed by atoms with Crippen LogP contribution in [0.4, 0.5) is 4.79 Å². The lowest BCUT2D eigenvalue weighted by Gasteiger charge is -2.45. The maximum Gasteiger partial charge on any atom is 0.410 e. The van der Waals surface area contributed by atoms with Gasteiger partial charge in [-0.1, -0.05) is 53.5 Å². The van der Waals surface area contributed by atoms with E-state index in [1.807, 2.05) is 30.3 Å². The Morgan fingerprint density at radius 1 is 1.13 bits per heavy atom. The molecule has 0 unspecified atom stereocenters. The summed E-state index contributed by atoms with van der Waals surface area (Å²) in [6, 6.07) is 13.8. The number of nitrogens with one attached hydrogen (secondary N) is 1. The van der Waals surface area contributed by atoms with Gasteiger partial charge >= 0.3 is 6.09 Å². The Bertz CT molecular complexity index is 1170. The third-order valence-electron chi connectivity index (χ3n) is 6.69. The highest BCUT2D eigenvalue weighted by molar-refractivity contribution is 6.34. The van der Waals surface area contributed by atoms with Crippen LogP contribution in [-0.4, -0.2) is 77.7 Å². The Morgan fingerprint density at radius 3 is 2.44 bits per heavy atom. The lowest BCUT2D eigenvalue weighted by Crippen LogP contribution is -2.66. The van der Waals surface area contributed by atoms with Gasteiger partial charge in [0, 0.05) is 36.1 Å². The van der Waals surface area contributed by atoms with Crippen LogP contribution in [0.2, 0.25) is 10.0 Å². The van der Waals surface area contributed by atoms with Gasteiger partial charge in [-0.2, -0.15) is 0 Å². The number of hydrogen-bond donors (Lipinski definition) is 2. The molecule has 2 atom stereocenters. The average Bonchev–Trinajstić information content (AvgIpc) is 3.17. The number of carbonyl (C=O) groups is 3. The number of rotatable bonds is 9. The summed E-state index contributed by atoms with van der Waals surface area (Å²) in [6.07, 6.45) is 0.147. The van der Waals surface area contributed by atoms with Crippen molar-refractivity contribution in [1.29, 1.82) is 0 Å². The summed E-state index contributed by atoms with van der Waals surface area (Å²) in [7, 11) is 0. The molecule has 3 amide bonds. The number of ether oxygens (including phenoxy) is 2. The minimum Gasteiger partial charge on any atom is -0.447 e. The third-order valence-corrected chi connectivity index (χ3v) is 7.12. The maximum atomic E-state index is 13.8. The van der Waals surface area contributed by atoms with Crippen LogP contribution in [0.1, 0.15) is 25.0 Å². The topological polar surface area (TPSA) is 114 Å². The summed E-state index contributed by atoms with van der Waals surface area (Å²) < 4.78 is 11.3. The number of piperazine rings is 1. The summed E-state index contributed by atoms with van der Waals surface area (Å²) in [6.45, 7) is 4.22. The van der Waals surface area contributed by atoms with Crippen molar-refractivity contribution < 1.29 is 23.9 Å². The Morgan fingerprint density at radius 2 is 1.79 bits per heavy atom. The Kier molecular flexibility index (Phi) is 10.1. The first-order chi connectivity index (χ1) is 18.0. The van der Waals surface area contributed by atoms with Crippen LogP contribution in [-0.2, 0) is 32.1 Å². The number of nitrogens with zero attached hydrogens (tertiary/aromatic N) is 2. The summed E-state index contributed by atoms with van der Waals surface area (Å²) in [4.78, 5) is 42.4. The van der Waals surface area contributed by atoms with E-state index in [0.29, 0.717) is 29.6 Å². The van der Waals surface area contributed by atoms with Crippen LogP contribution >= 0.6 is 35.6 Å². The van der Waals surface area contributed by atoms with Gasteiger partial charge in [0.25, 0.3) is 0 Å². The van der Waals surface area contributed by atoms with E-state index in [1.165, 1.54) is 0 Å². The molecule has 12 heteroatoms. The fourth-order valence-corrected chi connectivity index (χ4v) is 5.33. The SMILES string of the molecule is CC(C)(N)C(=O)N[C@H](COCc1cc(Cl)cc(Cl)c1)C(=O)N1CCN2C(=O)OC[C@]2(Cc2ccccc2)C1.Cl. The highest BCUT2D eigenvalue weighted by Gasteiger charge is 2.52. The maximum absolute atomic E-state index is 13.8. The molecule has 39 heavy (non-hydrogen) atoms. The first-order valence-corrected chi connectivity index (χ1v) is 13.1. The molecular weight excluding hydrogens is 567 g/mol. The molecule has 4 rings (SSSR count). The van der Waals surface area contributed by atoms with Gasteiger partial charge in [-0.3, -0.25) is 14.5 Å². The predicted octanol–water partition coefficient (Wildman–Crippen LogP) is 3.43. The van der Waals surface area contributed by atoms with E-state index in [-0.39, 0.29) is 50.8 Å². The standard InChI is InChI=1S/C27H32Cl2N4O5.ClH/c1-26(2,30)24(35)31-22(15-37-14-19-10-20(28)12-21(29)11-19)23(34)32-8-9-33-25(36)38-17-27(33,16-32)13-18-6-4-3-5-7-18;/h3-7,10-12,22H,8-9,13-17,30H2,1-2H3,(H,31,35);1H/t22-,27+;/m1./s1. The molecule has 2 saturated heterocycles. The highest BCUT2D eigenvalue weighted by atomic mass is 35.5. The molecule has 0 aromatic heterocycles. The Balaban J connectivity index is 0.00000420. The zero-order chi connectivity index (χ0) is 27.5. The van der Waals surface area contributed by atoms with Gasteiger partial charge in [-0.25, -0.2) is 4.79 Å². The lowest BCUT2D eigenvalue weighted by molar-refractivity contribution is -0.142. The van der Waals surface area contributed by atoms with Gasteiger partial charge < -0.3 is 25.4 Å². The predicted molar refractivity (Wildman–Crippen MR) is 151 cm³/mol. The first kappa shape index (κ1) is 31.0. The summed E-state index contributed by atoms with van der Waals surface area (Å²) in [5, 5.41) is 3.69. The van der Waals surface area contributed by atoms with Gasteiger partial charge in [0.2, 0.25) is 11.8 Å². The van der Waals surface area contributed by atoms with Gasteiger partial charge in [0.1, 0.15) is 18.2 Å². The monoisotopic (exact) mass is 598 g/mol. The zero-order valence-corrected chi connectivity index (χ0v) is 24.2.